The van der Waals surface area contributed by atoms with Crippen LogP contribution in [-0.4, -0.2) is 38.4 Å². The molecule has 3 N–H and O–H groups in total. The van der Waals surface area contributed by atoms with Crippen molar-refractivity contribution in [2.75, 3.05) is 0 Å². The molecule has 8 heteroatoms. The number of carbonyl (C=O) groups excluding carboxylic acids is 2. The molecule has 2 unspecified atom stereocenters. The average Bonchev–Trinajstić information content (AvgIpc) is 3.57. The van der Waals surface area contributed by atoms with Gasteiger partial charge in [0.1, 0.15) is 6.04 Å². The fraction of sp³-hybridized carbons (Fsp3) is 0.391. The summed E-state index contributed by atoms with van der Waals surface area (Å²) in [7, 11) is -3.64. The summed E-state index contributed by atoms with van der Waals surface area (Å²) < 4.78 is 27.4. The van der Waals surface area contributed by atoms with Gasteiger partial charge in [0.2, 0.25) is 15.9 Å². The molecular formula is C23H29N3O4S. The van der Waals surface area contributed by atoms with Crippen LogP contribution in [0.4, 0.5) is 0 Å². The average molecular weight is 444 g/mol. The van der Waals surface area contributed by atoms with E-state index in [-0.39, 0.29) is 22.9 Å². The van der Waals surface area contributed by atoms with Crippen molar-refractivity contribution in [3.05, 3.63) is 65.7 Å². The van der Waals surface area contributed by atoms with E-state index in [1.165, 1.54) is 24.3 Å². The van der Waals surface area contributed by atoms with E-state index in [9.17, 15) is 18.0 Å². The van der Waals surface area contributed by atoms with Crippen LogP contribution in [0, 0.1) is 0 Å². The van der Waals surface area contributed by atoms with Crippen LogP contribution in [0.5, 0.6) is 0 Å². The van der Waals surface area contributed by atoms with Crippen molar-refractivity contribution in [3.63, 3.8) is 0 Å². The Balaban J connectivity index is 1.71. The molecule has 7 nitrogen and oxygen atoms in total. The Morgan fingerprint density at radius 2 is 1.68 bits per heavy atom. The minimum atomic E-state index is -3.64. The van der Waals surface area contributed by atoms with Crippen LogP contribution >= 0.6 is 0 Å². The minimum absolute atomic E-state index is 0.0941. The van der Waals surface area contributed by atoms with Gasteiger partial charge in [-0.05, 0) is 56.0 Å². The lowest BCUT2D eigenvalue weighted by Gasteiger charge is -2.19. The normalized spacial score (nSPS) is 15.7. The summed E-state index contributed by atoms with van der Waals surface area (Å²) in [4.78, 5) is 25.5. The molecule has 0 radical (unpaired) electrons. The van der Waals surface area contributed by atoms with Gasteiger partial charge >= 0.3 is 0 Å². The minimum Gasteiger partial charge on any atom is -0.352 e. The SMILES string of the molecule is CCC(C)NS(=O)(=O)c1ccc(C(=O)NC(Cc2ccccc2)C(=O)NC2CC2)cc1. The van der Waals surface area contributed by atoms with Crippen LogP contribution in [0.2, 0.25) is 0 Å². The van der Waals surface area contributed by atoms with E-state index in [1.54, 1.807) is 6.92 Å². The summed E-state index contributed by atoms with van der Waals surface area (Å²) >= 11 is 0. The highest BCUT2D eigenvalue weighted by Crippen LogP contribution is 2.19. The van der Waals surface area contributed by atoms with E-state index < -0.39 is 22.0 Å². The van der Waals surface area contributed by atoms with Gasteiger partial charge in [-0.3, -0.25) is 9.59 Å². The third-order valence-electron chi connectivity index (χ3n) is 5.22. The number of sulfonamides is 1. The highest BCUT2D eigenvalue weighted by Gasteiger charge is 2.29. The molecule has 0 aromatic heterocycles. The fourth-order valence-corrected chi connectivity index (χ4v) is 4.36. The molecular weight excluding hydrogens is 414 g/mol. The third-order valence-corrected chi connectivity index (χ3v) is 6.83. The van der Waals surface area contributed by atoms with Gasteiger partial charge in [0.15, 0.2) is 0 Å². The number of nitrogens with one attached hydrogen (secondary N) is 3. The maximum atomic E-state index is 12.8. The van der Waals surface area contributed by atoms with Crippen molar-refractivity contribution in [2.24, 2.45) is 0 Å². The topological polar surface area (TPSA) is 104 Å². The van der Waals surface area contributed by atoms with Gasteiger partial charge in [-0.15, -0.1) is 0 Å². The first-order valence-corrected chi connectivity index (χ1v) is 12.0. The number of hydrogen-bond donors (Lipinski definition) is 3. The lowest BCUT2D eigenvalue weighted by atomic mass is 10.0. The third kappa shape index (κ3) is 6.63. The summed E-state index contributed by atoms with van der Waals surface area (Å²) in [5, 5.41) is 5.74. The van der Waals surface area contributed by atoms with Gasteiger partial charge in [0, 0.05) is 24.1 Å². The summed E-state index contributed by atoms with van der Waals surface area (Å²) in [6.07, 6.45) is 2.96. The predicted molar refractivity (Wildman–Crippen MR) is 119 cm³/mol. The Morgan fingerprint density at radius 3 is 2.26 bits per heavy atom. The van der Waals surface area contributed by atoms with Gasteiger partial charge in [0.05, 0.1) is 4.90 Å². The molecule has 0 spiro atoms. The second kappa shape index (κ2) is 10.1. The maximum Gasteiger partial charge on any atom is 0.251 e. The predicted octanol–water partition coefficient (Wildman–Crippen LogP) is 2.38. The van der Waals surface area contributed by atoms with Crippen molar-refractivity contribution < 1.29 is 18.0 Å². The van der Waals surface area contributed by atoms with E-state index in [2.05, 4.69) is 15.4 Å². The maximum absolute atomic E-state index is 12.8. The Morgan fingerprint density at radius 1 is 1.03 bits per heavy atom. The van der Waals surface area contributed by atoms with Crippen molar-refractivity contribution in [2.45, 2.75) is 62.6 Å². The molecule has 1 aliphatic carbocycles. The first-order valence-electron chi connectivity index (χ1n) is 10.6. The summed E-state index contributed by atoms with van der Waals surface area (Å²) in [5.41, 5.74) is 1.23. The molecule has 1 aliphatic rings. The second-order valence-corrected chi connectivity index (χ2v) is 9.67. The van der Waals surface area contributed by atoms with E-state index in [1.807, 2.05) is 37.3 Å². The molecule has 0 aliphatic heterocycles. The van der Waals surface area contributed by atoms with Crippen LogP contribution in [0.1, 0.15) is 49.0 Å². The molecule has 1 saturated carbocycles. The first-order chi connectivity index (χ1) is 14.8. The second-order valence-electron chi connectivity index (χ2n) is 7.95. The molecule has 2 aromatic rings. The largest absolute Gasteiger partial charge is 0.352 e. The van der Waals surface area contributed by atoms with Crippen LogP contribution in [0.25, 0.3) is 0 Å². The highest BCUT2D eigenvalue weighted by atomic mass is 32.2. The van der Waals surface area contributed by atoms with E-state index in [4.69, 9.17) is 0 Å². The van der Waals surface area contributed by atoms with Gasteiger partial charge in [-0.1, -0.05) is 37.3 Å². The van der Waals surface area contributed by atoms with Crippen molar-refractivity contribution in [1.29, 1.82) is 0 Å². The number of amides is 2. The van der Waals surface area contributed by atoms with E-state index in [0.29, 0.717) is 18.4 Å². The lowest BCUT2D eigenvalue weighted by molar-refractivity contribution is -0.123. The Labute approximate surface area is 183 Å². The molecule has 2 amide bonds. The van der Waals surface area contributed by atoms with Gasteiger partial charge in [-0.2, -0.15) is 0 Å². The van der Waals surface area contributed by atoms with Crippen LogP contribution in [0.15, 0.2) is 59.5 Å². The first kappa shape index (κ1) is 23.0. The Hall–Kier alpha value is -2.71. The van der Waals surface area contributed by atoms with Gasteiger partial charge in [0.25, 0.3) is 5.91 Å². The standard InChI is InChI=1S/C23H29N3O4S/c1-3-16(2)26-31(29,30)20-13-9-18(10-14-20)22(27)25-21(23(28)24-19-11-12-19)15-17-7-5-4-6-8-17/h4-10,13-14,16,19,21,26H,3,11-12,15H2,1-2H3,(H,24,28)(H,25,27). The number of rotatable bonds is 10. The number of benzene rings is 2. The van der Waals surface area contributed by atoms with Crippen molar-refractivity contribution in [3.8, 4) is 0 Å². The van der Waals surface area contributed by atoms with Crippen LogP contribution in [-0.2, 0) is 21.2 Å². The molecule has 166 valence electrons. The van der Waals surface area contributed by atoms with E-state index in [0.717, 1.165) is 18.4 Å². The van der Waals surface area contributed by atoms with Crippen LogP contribution in [0.3, 0.4) is 0 Å². The molecule has 2 aromatic carbocycles. The Bertz CT molecular complexity index is 1000. The molecule has 0 saturated heterocycles. The molecule has 1 fully saturated rings. The summed E-state index contributed by atoms with van der Waals surface area (Å²) in [6.45, 7) is 3.69. The van der Waals surface area contributed by atoms with E-state index >= 15 is 0 Å². The fourth-order valence-electron chi connectivity index (χ4n) is 3.03. The number of hydrogen-bond acceptors (Lipinski definition) is 4. The zero-order valence-electron chi connectivity index (χ0n) is 17.8. The van der Waals surface area contributed by atoms with Gasteiger partial charge in [-0.25, -0.2) is 13.1 Å². The monoisotopic (exact) mass is 443 g/mol. The van der Waals surface area contributed by atoms with Gasteiger partial charge < -0.3 is 10.6 Å². The molecule has 2 atom stereocenters. The molecule has 0 heterocycles. The highest BCUT2D eigenvalue weighted by molar-refractivity contribution is 7.89. The lowest BCUT2D eigenvalue weighted by Crippen LogP contribution is -2.48. The number of carbonyl (C=O) groups is 2. The zero-order chi connectivity index (χ0) is 22.4. The summed E-state index contributed by atoms with van der Waals surface area (Å²) in [6, 6.07) is 14.5. The molecule has 0 bridgehead atoms. The van der Waals surface area contributed by atoms with Crippen molar-refractivity contribution >= 4 is 21.8 Å². The summed E-state index contributed by atoms with van der Waals surface area (Å²) in [5.74, 6) is -0.637. The zero-order valence-corrected chi connectivity index (χ0v) is 18.6. The van der Waals surface area contributed by atoms with Crippen LogP contribution < -0.4 is 15.4 Å². The molecule has 31 heavy (non-hydrogen) atoms. The van der Waals surface area contributed by atoms with Crippen molar-refractivity contribution in [1.82, 2.24) is 15.4 Å². The molecule has 3 rings (SSSR count). The quantitative estimate of drug-likeness (QED) is 0.524. The smallest absolute Gasteiger partial charge is 0.251 e. The Kier molecular flexibility index (Phi) is 7.46.